The topological polar surface area (TPSA) is 114 Å². The number of phenolic OH excluding ortho intramolecular Hbond substituents is 1. The second kappa shape index (κ2) is 9.72. The first kappa shape index (κ1) is 25.0. The zero-order valence-electron chi connectivity index (χ0n) is 18.3. The maximum atomic E-state index is 13.1. The summed E-state index contributed by atoms with van der Waals surface area (Å²) in [4.78, 5) is 38.2. The Kier molecular flexibility index (Phi) is 7.15. The first-order valence-electron chi connectivity index (χ1n) is 10.3. The molecule has 0 aromatic heterocycles. The Balaban J connectivity index is 1.79. The predicted octanol–water partition coefficient (Wildman–Crippen LogP) is 2.49. The van der Waals surface area contributed by atoms with Gasteiger partial charge in [-0.3, -0.25) is 14.4 Å². The predicted molar refractivity (Wildman–Crippen MR) is 113 cm³/mol. The third-order valence-electron chi connectivity index (χ3n) is 5.59. The molecule has 0 bridgehead atoms. The molecule has 0 saturated carbocycles. The number of Topliss-reactive ketones (excluding diaryl/α,β-unsaturated/α-hetero) is 1. The Labute approximate surface area is 193 Å². The number of rotatable bonds is 7. The fraction of sp³-hybridized carbons (Fsp3) is 0.348. The first-order valence-corrected chi connectivity index (χ1v) is 10.3. The van der Waals surface area contributed by atoms with Gasteiger partial charge in [0.2, 0.25) is 5.91 Å². The van der Waals surface area contributed by atoms with Gasteiger partial charge in [0.05, 0.1) is 6.10 Å². The molecule has 0 aliphatic carbocycles. The summed E-state index contributed by atoms with van der Waals surface area (Å²) in [5.41, 5.74) is -0.678. The standard InChI is InChI=1S/C23H23F3N2O6/c1-13-22(2,19(30)12-33-13)28-21(32)18(11-14-3-7-16(29)8-4-14)27-20(31)15-5-9-17(10-6-15)34-23(24,25)26/h3-10,13,18,29H,11-12H2,1-2H3,(H,27,31)(H,28,32)/t13-,18?,22-/m1/s1. The molecular formula is C23H23F3N2O6. The van der Waals surface area contributed by atoms with E-state index in [0.717, 1.165) is 24.3 Å². The lowest BCUT2D eigenvalue weighted by Crippen LogP contribution is -2.60. The Bertz CT molecular complexity index is 1060. The molecule has 34 heavy (non-hydrogen) atoms. The Morgan fingerprint density at radius 3 is 2.32 bits per heavy atom. The quantitative estimate of drug-likeness (QED) is 0.561. The van der Waals surface area contributed by atoms with E-state index in [1.807, 2.05) is 0 Å². The van der Waals surface area contributed by atoms with Crippen molar-refractivity contribution in [3.05, 3.63) is 59.7 Å². The summed E-state index contributed by atoms with van der Waals surface area (Å²) >= 11 is 0. The Hall–Kier alpha value is -3.60. The van der Waals surface area contributed by atoms with Gasteiger partial charge in [0, 0.05) is 12.0 Å². The van der Waals surface area contributed by atoms with E-state index in [1.54, 1.807) is 19.1 Å². The minimum Gasteiger partial charge on any atom is -0.508 e. The fourth-order valence-electron chi connectivity index (χ4n) is 3.38. The molecule has 1 aliphatic heterocycles. The Morgan fingerprint density at radius 1 is 1.18 bits per heavy atom. The fourth-order valence-corrected chi connectivity index (χ4v) is 3.38. The molecule has 3 atom stereocenters. The summed E-state index contributed by atoms with van der Waals surface area (Å²) in [5.74, 6) is -2.16. The highest BCUT2D eigenvalue weighted by Gasteiger charge is 2.47. The van der Waals surface area contributed by atoms with Crippen molar-refractivity contribution in [2.45, 2.75) is 44.3 Å². The van der Waals surface area contributed by atoms with E-state index < -0.39 is 41.6 Å². The highest BCUT2D eigenvalue weighted by Crippen LogP contribution is 2.24. The van der Waals surface area contributed by atoms with Crippen LogP contribution in [0.5, 0.6) is 11.5 Å². The van der Waals surface area contributed by atoms with Crippen molar-refractivity contribution in [3.8, 4) is 11.5 Å². The van der Waals surface area contributed by atoms with Crippen molar-refractivity contribution < 1.29 is 42.1 Å². The third kappa shape index (κ3) is 6.04. The van der Waals surface area contributed by atoms with Crippen LogP contribution in [0.3, 0.4) is 0 Å². The van der Waals surface area contributed by atoms with Gasteiger partial charge in [0.25, 0.3) is 5.91 Å². The van der Waals surface area contributed by atoms with Gasteiger partial charge in [-0.25, -0.2) is 0 Å². The molecule has 0 spiro atoms. The molecule has 11 heteroatoms. The summed E-state index contributed by atoms with van der Waals surface area (Å²) in [5, 5.41) is 14.7. The van der Waals surface area contributed by atoms with E-state index in [4.69, 9.17) is 4.74 Å². The number of halogens is 3. The minimum absolute atomic E-state index is 0.00196. The molecule has 1 fully saturated rings. The van der Waals surface area contributed by atoms with Crippen molar-refractivity contribution in [3.63, 3.8) is 0 Å². The van der Waals surface area contributed by atoms with E-state index >= 15 is 0 Å². The highest BCUT2D eigenvalue weighted by molar-refractivity contribution is 6.00. The van der Waals surface area contributed by atoms with Gasteiger partial charge in [0.1, 0.15) is 29.7 Å². The van der Waals surface area contributed by atoms with Crippen LogP contribution in [0.4, 0.5) is 13.2 Å². The average Bonchev–Trinajstić information content (AvgIpc) is 3.01. The lowest BCUT2D eigenvalue weighted by Gasteiger charge is -2.30. The molecule has 2 aromatic carbocycles. The number of carbonyl (C=O) groups is 3. The molecule has 1 saturated heterocycles. The van der Waals surface area contributed by atoms with E-state index in [2.05, 4.69) is 15.4 Å². The second-order valence-electron chi connectivity index (χ2n) is 8.04. The van der Waals surface area contributed by atoms with Gasteiger partial charge in [-0.2, -0.15) is 0 Å². The molecular weight excluding hydrogens is 457 g/mol. The van der Waals surface area contributed by atoms with Crippen LogP contribution in [0.25, 0.3) is 0 Å². The summed E-state index contributed by atoms with van der Waals surface area (Å²) in [6.07, 6.45) is -5.44. The number of benzene rings is 2. The van der Waals surface area contributed by atoms with Crippen LogP contribution in [-0.4, -0.2) is 53.4 Å². The number of alkyl halides is 3. The maximum Gasteiger partial charge on any atom is 0.573 e. The van der Waals surface area contributed by atoms with Crippen molar-refractivity contribution in [2.24, 2.45) is 0 Å². The lowest BCUT2D eigenvalue weighted by atomic mass is 9.92. The molecule has 1 heterocycles. The molecule has 1 aliphatic rings. The van der Waals surface area contributed by atoms with Crippen molar-refractivity contribution in [2.75, 3.05) is 6.61 Å². The third-order valence-corrected chi connectivity index (χ3v) is 5.59. The number of amides is 2. The molecule has 1 unspecified atom stereocenters. The van der Waals surface area contributed by atoms with E-state index in [0.29, 0.717) is 5.56 Å². The largest absolute Gasteiger partial charge is 0.573 e. The number of carbonyl (C=O) groups excluding carboxylic acids is 3. The number of ether oxygens (including phenoxy) is 2. The molecule has 182 valence electrons. The lowest BCUT2D eigenvalue weighted by molar-refractivity contribution is -0.274. The van der Waals surface area contributed by atoms with Crippen LogP contribution < -0.4 is 15.4 Å². The Morgan fingerprint density at radius 2 is 1.79 bits per heavy atom. The SMILES string of the molecule is C[C@H]1OCC(=O)[C@]1(C)NC(=O)C(Cc1ccc(O)cc1)NC(=O)c1ccc(OC(F)(F)F)cc1. The summed E-state index contributed by atoms with van der Waals surface area (Å²) < 4.78 is 46.2. The number of phenols is 1. The van der Waals surface area contributed by atoms with Gasteiger partial charge in [-0.1, -0.05) is 12.1 Å². The van der Waals surface area contributed by atoms with Crippen LogP contribution in [0.1, 0.15) is 29.8 Å². The van der Waals surface area contributed by atoms with Crippen LogP contribution >= 0.6 is 0 Å². The summed E-state index contributed by atoms with van der Waals surface area (Å²) in [7, 11) is 0. The van der Waals surface area contributed by atoms with Crippen LogP contribution in [-0.2, 0) is 20.7 Å². The summed E-state index contributed by atoms with van der Waals surface area (Å²) in [6, 6.07) is 9.06. The van der Waals surface area contributed by atoms with Crippen LogP contribution in [0.15, 0.2) is 48.5 Å². The van der Waals surface area contributed by atoms with E-state index in [9.17, 15) is 32.7 Å². The summed E-state index contributed by atoms with van der Waals surface area (Å²) in [6.45, 7) is 3.02. The molecule has 3 rings (SSSR count). The van der Waals surface area contributed by atoms with Gasteiger partial charge in [-0.05, 0) is 55.8 Å². The van der Waals surface area contributed by atoms with Crippen LogP contribution in [0, 0.1) is 0 Å². The van der Waals surface area contributed by atoms with E-state index in [1.165, 1.54) is 19.1 Å². The maximum absolute atomic E-state index is 13.1. The van der Waals surface area contributed by atoms with Gasteiger partial charge in [0.15, 0.2) is 5.78 Å². The number of aromatic hydroxyl groups is 1. The number of nitrogens with one attached hydrogen (secondary N) is 2. The smallest absolute Gasteiger partial charge is 0.508 e. The van der Waals surface area contributed by atoms with Crippen molar-refractivity contribution in [1.82, 2.24) is 10.6 Å². The number of hydrogen-bond donors (Lipinski definition) is 3. The highest BCUT2D eigenvalue weighted by atomic mass is 19.4. The van der Waals surface area contributed by atoms with Crippen LogP contribution in [0.2, 0.25) is 0 Å². The molecule has 3 N–H and O–H groups in total. The van der Waals surface area contributed by atoms with Gasteiger partial charge in [-0.15, -0.1) is 13.2 Å². The van der Waals surface area contributed by atoms with Gasteiger partial charge < -0.3 is 25.2 Å². The second-order valence-corrected chi connectivity index (χ2v) is 8.04. The zero-order valence-corrected chi connectivity index (χ0v) is 18.3. The van der Waals surface area contributed by atoms with E-state index in [-0.39, 0.29) is 30.1 Å². The first-order chi connectivity index (χ1) is 15.9. The molecule has 8 nitrogen and oxygen atoms in total. The molecule has 2 aromatic rings. The average molecular weight is 480 g/mol. The normalized spacial score (nSPS) is 21.1. The number of hydrogen-bond acceptors (Lipinski definition) is 6. The van der Waals surface area contributed by atoms with Crippen molar-refractivity contribution in [1.29, 1.82) is 0 Å². The zero-order chi connectivity index (χ0) is 25.1. The van der Waals surface area contributed by atoms with Gasteiger partial charge >= 0.3 is 6.36 Å². The minimum atomic E-state index is -4.87. The monoisotopic (exact) mass is 480 g/mol. The number of ketones is 1. The molecule has 0 radical (unpaired) electrons. The van der Waals surface area contributed by atoms with Crippen molar-refractivity contribution >= 4 is 17.6 Å². The molecule has 2 amide bonds.